The van der Waals surface area contributed by atoms with Crippen LogP contribution in [0.4, 0.5) is 5.95 Å². The van der Waals surface area contributed by atoms with Crippen molar-refractivity contribution >= 4 is 5.95 Å². The molecule has 0 aliphatic heterocycles. The van der Waals surface area contributed by atoms with E-state index in [1.165, 1.54) is 0 Å². The number of aromatic nitrogens is 2. The molecule has 0 bridgehead atoms. The van der Waals surface area contributed by atoms with Crippen molar-refractivity contribution < 1.29 is 4.74 Å². The maximum atomic E-state index is 5.62. The topological polar surface area (TPSA) is 73.1 Å². The van der Waals surface area contributed by atoms with E-state index in [2.05, 4.69) is 29.1 Å². The number of nitrogens with zero attached hydrogens (tertiary/aromatic N) is 2. The third-order valence-electron chi connectivity index (χ3n) is 2.81. The predicted molar refractivity (Wildman–Crippen MR) is 69.2 cm³/mol. The third-order valence-corrected chi connectivity index (χ3v) is 2.81. The summed E-state index contributed by atoms with van der Waals surface area (Å²) in [7, 11) is 0. The van der Waals surface area contributed by atoms with Crippen LogP contribution in [-0.2, 0) is 0 Å². The minimum absolute atomic E-state index is 0.0699. The largest absolute Gasteiger partial charge is 0.478 e. The molecule has 3 N–H and O–H groups in total. The summed E-state index contributed by atoms with van der Waals surface area (Å²) in [5.41, 5.74) is 5.55. The van der Waals surface area contributed by atoms with Crippen LogP contribution in [0.1, 0.15) is 33.6 Å². The standard InChI is InChI=1S/C12H22N4O/c1-4-12(3,7-8-13)16-11-14-9-6-10(15-11)17-5-2/h6,9H,4-5,7-8,13H2,1-3H3,(H,14,15,16). The highest BCUT2D eigenvalue weighted by Crippen LogP contribution is 2.19. The van der Waals surface area contributed by atoms with E-state index >= 15 is 0 Å². The molecule has 5 nitrogen and oxygen atoms in total. The molecule has 0 aromatic carbocycles. The van der Waals surface area contributed by atoms with E-state index in [1.54, 1.807) is 12.3 Å². The lowest BCUT2D eigenvalue weighted by molar-refractivity contribution is 0.326. The van der Waals surface area contributed by atoms with Crippen molar-refractivity contribution in [1.82, 2.24) is 9.97 Å². The van der Waals surface area contributed by atoms with Crippen LogP contribution in [0, 0.1) is 0 Å². The molecule has 1 aromatic rings. The average molecular weight is 238 g/mol. The number of nitrogens with two attached hydrogens (primary N) is 1. The van der Waals surface area contributed by atoms with Crippen molar-refractivity contribution in [2.75, 3.05) is 18.5 Å². The van der Waals surface area contributed by atoms with Gasteiger partial charge in [-0.3, -0.25) is 0 Å². The maximum absolute atomic E-state index is 5.62. The summed E-state index contributed by atoms with van der Waals surface area (Å²) >= 11 is 0. The normalized spacial score (nSPS) is 14.1. The molecule has 0 amide bonds. The maximum Gasteiger partial charge on any atom is 0.226 e. The molecule has 0 saturated carbocycles. The van der Waals surface area contributed by atoms with Crippen molar-refractivity contribution in [1.29, 1.82) is 0 Å². The van der Waals surface area contributed by atoms with Gasteiger partial charge in [-0.2, -0.15) is 4.98 Å². The van der Waals surface area contributed by atoms with E-state index in [4.69, 9.17) is 10.5 Å². The SMILES string of the molecule is CCOc1ccnc(NC(C)(CC)CCN)n1. The number of hydrogen-bond acceptors (Lipinski definition) is 5. The van der Waals surface area contributed by atoms with Crippen molar-refractivity contribution in [3.8, 4) is 5.88 Å². The number of nitrogens with one attached hydrogen (secondary N) is 1. The molecule has 0 spiro atoms. The Bertz CT molecular complexity index is 345. The molecule has 1 atom stereocenters. The van der Waals surface area contributed by atoms with Crippen LogP contribution in [0.25, 0.3) is 0 Å². The third kappa shape index (κ3) is 4.19. The quantitative estimate of drug-likeness (QED) is 0.758. The predicted octanol–water partition coefficient (Wildman–Crippen LogP) is 1.80. The Morgan fingerprint density at radius 2 is 2.24 bits per heavy atom. The zero-order chi connectivity index (χ0) is 12.7. The van der Waals surface area contributed by atoms with Crippen LogP contribution in [0.2, 0.25) is 0 Å². The first-order valence-corrected chi connectivity index (χ1v) is 6.07. The molecule has 1 rings (SSSR count). The summed E-state index contributed by atoms with van der Waals surface area (Å²) in [5, 5.41) is 3.32. The Kier molecular flexibility index (Phi) is 5.15. The van der Waals surface area contributed by atoms with Gasteiger partial charge in [0, 0.05) is 17.8 Å². The summed E-state index contributed by atoms with van der Waals surface area (Å²) in [6, 6.07) is 1.75. The summed E-state index contributed by atoms with van der Waals surface area (Å²) in [6.07, 6.45) is 3.54. The minimum atomic E-state index is -0.0699. The zero-order valence-electron chi connectivity index (χ0n) is 10.9. The van der Waals surface area contributed by atoms with Gasteiger partial charge in [0.2, 0.25) is 11.8 Å². The smallest absolute Gasteiger partial charge is 0.226 e. The van der Waals surface area contributed by atoms with Gasteiger partial charge in [-0.15, -0.1) is 0 Å². The lowest BCUT2D eigenvalue weighted by atomic mass is 9.95. The lowest BCUT2D eigenvalue weighted by Gasteiger charge is -2.29. The van der Waals surface area contributed by atoms with Crippen molar-refractivity contribution in [3.05, 3.63) is 12.3 Å². The molecule has 5 heteroatoms. The average Bonchev–Trinajstić information content (AvgIpc) is 2.30. The first-order chi connectivity index (χ1) is 8.13. The Labute approximate surface area is 103 Å². The molecular formula is C12H22N4O. The molecule has 0 aliphatic carbocycles. The summed E-state index contributed by atoms with van der Waals surface area (Å²) in [4.78, 5) is 8.49. The van der Waals surface area contributed by atoms with Gasteiger partial charge in [-0.1, -0.05) is 6.92 Å². The molecular weight excluding hydrogens is 216 g/mol. The van der Waals surface area contributed by atoms with Gasteiger partial charge in [0.05, 0.1) is 6.61 Å². The van der Waals surface area contributed by atoms with Crippen molar-refractivity contribution in [2.45, 2.75) is 39.2 Å². The van der Waals surface area contributed by atoms with Gasteiger partial charge in [-0.25, -0.2) is 4.98 Å². The highest BCUT2D eigenvalue weighted by molar-refractivity contribution is 5.31. The van der Waals surface area contributed by atoms with Crippen LogP contribution < -0.4 is 15.8 Å². The molecule has 0 saturated heterocycles. The molecule has 0 aliphatic rings. The number of anilines is 1. The second kappa shape index (κ2) is 6.39. The van der Waals surface area contributed by atoms with Crippen LogP contribution in [0.3, 0.4) is 0 Å². The molecule has 0 fully saturated rings. The first-order valence-electron chi connectivity index (χ1n) is 6.07. The summed E-state index contributed by atoms with van der Waals surface area (Å²) in [5.74, 6) is 1.19. The Hall–Kier alpha value is -1.36. The molecule has 0 radical (unpaired) electrons. The van der Waals surface area contributed by atoms with Gasteiger partial charge in [0.1, 0.15) is 0 Å². The van der Waals surface area contributed by atoms with Crippen molar-refractivity contribution in [3.63, 3.8) is 0 Å². The van der Waals surface area contributed by atoms with E-state index in [1.807, 2.05) is 6.92 Å². The Balaban J connectivity index is 2.75. The zero-order valence-corrected chi connectivity index (χ0v) is 10.9. The molecule has 1 heterocycles. The van der Waals surface area contributed by atoms with Crippen LogP contribution in [-0.4, -0.2) is 28.7 Å². The summed E-state index contributed by atoms with van der Waals surface area (Å²) < 4.78 is 5.34. The number of ether oxygens (including phenoxy) is 1. The second-order valence-electron chi connectivity index (χ2n) is 4.23. The molecule has 96 valence electrons. The molecule has 1 aromatic heterocycles. The minimum Gasteiger partial charge on any atom is -0.478 e. The molecule has 17 heavy (non-hydrogen) atoms. The van der Waals surface area contributed by atoms with E-state index in [-0.39, 0.29) is 5.54 Å². The molecule has 1 unspecified atom stereocenters. The van der Waals surface area contributed by atoms with Gasteiger partial charge in [0.25, 0.3) is 0 Å². The van der Waals surface area contributed by atoms with Gasteiger partial charge < -0.3 is 15.8 Å². The fourth-order valence-electron chi connectivity index (χ4n) is 1.55. The van der Waals surface area contributed by atoms with E-state index in [0.29, 0.717) is 25.0 Å². The van der Waals surface area contributed by atoms with Crippen LogP contribution in [0.5, 0.6) is 5.88 Å². The van der Waals surface area contributed by atoms with Crippen LogP contribution >= 0.6 is 0 Å². The van der Waals surface area contributed by atoms with E-state index in [9.17, 15) is 0 Å². The highest BCUT2D eigenvalue weighted by Gasteiger charge is 2.21. The van der Waals surface area contributed by atoms with Crippen LogP contribution in [0.15, 0.2) is 12.3 Å². The van der Waals surface area contributed by atoms with E-state index in [0.717, 1.165) is 12.8 Å². The number of rotatable bonds is 7. The monoisotopic (exact) mass is 238 g/mol. The van der Waals surface area contributed by atoms with Gasteiger partial charge in [0.15, 0.2) is 0 Å². The van der Waals surface area contributed by atoms with Crippen molar-refractivity contribution in [2.24, 2.45) is 5.73 Å². The Morgan fingerprint density at radius 3 is 2.82 bits per heavy atom. The lowest BCUT2D eigenvalue weighted by Crippen LogP contribution is -2.37. The van der Waals surface area contributed by atoms with Gasteiger partial charge >= 0.3 is 0 Å². The fraction of sp³-hybridized carbons (Fsp3) is 0.667. The first kappa shape index (κ1) is 13.7. The fourth-order valence-corrected chi connectivity index (χ4v) is 1.55. The number of hydrogen-bond donors (Lipinski definition) is 2. The Morgan fingerprint density at radius 1 is 1.47 bits per heavy atom. The summed E-state index contributed by atoms with van der Waals surface area (Å²) in [6.45, 7) is 7.41. The van der Waals surface area contributed by atoms with E-state index < -0.39 is 0 Å². The highest BCUT2D eigenvalue weighted by atomic mass is 16.5. The second-order valence-corrected chi connectivity index (χ2v) is 4.23. The van der Waals surface area contributed by atoms with Gasteiger partial charge in [-0.05, 0) is 33.2 Å².